The molecule has 2 aromatic rings. The maximum atomic E-state index is 13.8. The molecule has 2 saturated heterocycles. The molecule has 9 heteroatoms. The molecule has 0 radical (unpaired) electrons. The molecule has 2 aliphatic heterocycles. The lowest BCUT2D eigenvalue weighted by atomic mass is 9.89. The fraction of sp³-hybridized carbons (Fsp3) is 0.556. The Kier molecular flexibility index (Phi) is 12.2. The number of halogens is 2. The summed E-state index contributed by atoms with van der Waals surface area (Å²) in [6.07, 6.45) is 1.77. The number of aliphatic hydroxyl groups excluding tert-OH is 1. The average Bonchev–Trinajstić information content (AvgIpc) is 2.86. The molecule has 36 heavy (non-hydrogen) atoms. The average molecular weight is 507 g/mol. The molecule has 0 aromatic heterocycles. The molecule has 7 nitrogen and oxygen atoms in total. The van der Waals surface area contributed by atoms with Crippen LogP contribution in [-0.4, -0.2) is 79.6 Å². The van der Waals surface area contributed by atoms with E-state index in [4.69, 9.17) is 10.8 Å². The lowest BCUT2D eigenvalue weighted by molar-refractivity contribution is -0.384. The Bertz CT molecular complexity index is 914. The predicted molar refractivity (Wildman–Crippen MR) is 141 cm³/mol. The minimum atomic E-state index is -0.807. The van der Waals surface area contributed by atoms with E-state index in [0.29, 0.717) is 19.5 Å². The standard InChI is InChI=1S/C13H17FN2O2.C13H19FN2.CH4O/c1-15-7-6-11(13(14)9-15)8-10-2-4-12(5-3-10)16(17)18;1-16-7-6-11(13(14)9-16)8-10-2-4-12(15)5-3-10;1-2/h2-5,11,13H,6-9H2,1H3;2-5,11,13H,6-9,15H2,1H3;2H,1H3. The van der Waals surface area contributed by atoms with E-state index in [0.717, 1.165) is 50.7 Å². The first-order chi connectivity index (χ1) is 17.2. The smallest absolute Gasteiger partial charge is 0.269 e. The van der Waals surface area contributed by atoms with E-state index < -0.39 is 17.3 Å². The summed E-state index contributed by atoms with van der Waals surface area (Å²) >= 11 is 0. The number of anilines is 1. The van der Waals surface area contributed by atoms with Gasteiger partial charge in [-0.3, -0.25) is 10.1 Å². The molecule has 4 atom stereocenters. The van der Waals surface area contributed by atoms with Crippen LogP contribution in [0.15, 0.2) is 48.5 Å². The van der Waals surface area contributed by atoms with Crippen LogP contribution in [0.5, 0.6) is 0 Å². The van der Waals surface area contributed by atoms with Gasteiger partial charge in [-0.1, -0.05) is 24.3 Å². The zero-order valence-electron chi connectivity index (χ0n) is 21.5. The molecule has 0 amide bonds. The fourth-order valence-corrected chi connectivity index (χ4v) is 4.68. The molecule has 200 valence electrons. The van der Waals surface area contributed by atoms with Crippen molar-refractivity contribution in [2.45, 2.75) is 38.0 Å². The Morgan fingerprint density at radius 3 is 1.61 bits per heavy atom. The predicted octanol–water partition coefficient (Wildman–Crippen LogP) is 4.14. The maximum absolute atomic E-state index is 13.8. The van der Waals surface area contributed by atoms with Gasteiger partial charge in [-0.25, -0.2) is 8.78 Å². The van der Waals surface area contributed by atoms with Crippen LogP contribution in [0.25, 0.3) is 0 Å². The fourth-order valence-electron chi connectivity index (χ4n) is 4.68. The van der Waals surface area contributed by atoms with Crippen LogP contribution in [0.1, 0.15) is 24.0 Å². The zero-order chi connectivity index (χ0) is 26.7. The molecule has 2 aliphatic rings. The van der Waals surface area contributed by atoms with Gasteiger partial charge in [0.05, 0.1) is 4.92 Å². The molecule has 2 heterocycles. The highest BCUT2D eigenvalue weighted by molar-refractivity contribution is 5.39. The lowest BCUT2D eigenvalue weighted by Gasteiger charge is -2.32. The van der Waals surface area contributed by atoms with Crippen molar-refractivity contribution in [1.29, 1.82) is 0 Å². The van der Waals surface area contributed by atoms with E-state index >= 15 is 0 Å². The minimum Gasteiger partial charge on any atom is -0.400 e. The zero-order valence-corrected chi connectivity index (χ0v) is 21.5. The number of nitrogen functional groups attached to an aromatic ring is 1. The summed E-state index contributed by atoms with van der Waals surface area (Å²) < 4.78 is 27.6. The third-order valence-corrected chi connectivity index (χ3v) is 6.88. The summed E-state index contributed by atoms with van der Waals surface area (Å²) in [5.41, 5.74) is 8.63. The summed E-state index contributed by atoms with van der Waals surface area (Å²) in [6, 6.07) is 14.2. The van der Waals surface area contributed by atoms with Gasteiger partial charge in [0.15, 0.2) is 0 Å². The van der Waals surface area contributed by atoms with Crippen molar-refractivity contribution in [3.63, 3.8) is 0 Å². The summed E-state index contributed by atoms with van der Waals surface area (Å²) in [4.78, 5) is 14.2. The summed E-state index contributed by atoms with van der Waals surface area (Å²) in [5.74, 6) is 0.197. The van der Waals surface area contributed by atoms with Crippen molar-refractivity contribution >= 4 is 11.4 Å². The number of rotatable bonds is 5. The van der Waals surface area contributed by atoms with Crippen molar-refractivity contribution in [3.8, 4) is 0 Å². The van der Waals surface area contributed by atoms with Crippen LogP contribution < -0.4 is 5.73 Å². The highest BCUT2D eigenvalue weighted by atomic mass is 19.1. The van der Waals surface area contributed by atoms with Gasteiger partial charge in [0.1, 0.15) is 12.3 Å². The van der Waals surface area contributed by atoms with Crippen LogP contribution >= 0.6 is 0 Å². The van der Waals surface area contributed by atoms with Crippen molar-refractivity contribution in [2.75, 3.05) is 53.1 Å². The second kappa shape index (κ2) is 14.8. The van der Waals surface area contributed by atoms with Crippen LogP contribution in [-0.2, 0) is 12.8 Å². The van der Waals surface area contributed by atoms with Crippen molar-refractivity contribution in [2.24, 2.45) is 11.8 Å². The molecule has 2 fully saturated rings. The van der Waals surface area contributed by atoms with Gasteiger partial charge < -0.3 is 20.6 Å². The number of benzene rings is 2. The largest absolute Gasteiger partial charge is 0.400 e. The Morgan fingerprint density at radius 1 is 0.861 bits per heavy atom. The molecular weight excluding hydrogens is 466 g/mol. The molecule has 4 rings (SSSR count). The van der Waals surface area contributed by atoms with Gasteiger partial charge in [-0.2, -0.15) is 0 Å². The Hall–Kier alpha value is -2.62. The number of nitrogens with zero attached hydrogens (tertiary/aromatic N) is 3. The Labute approximate surface area is 213 Å². The van der Waals surface area contributed by atoms with Crippen molar-refractivity contribution in [1.82, 2.24) is 9.80 Å². The van der Waals surface area contributed by atoms with Gasteiger partial charge in [0, 0.05) is 38.0 Å². The number of nitro groups is 1. The number of hydrogen-bond acceptors (Lipinski definition) is 6. The number of nitro benzene ring substituents is 1. The molecule has 0 bridgehead atoms. The van der Waals surface area contributed by atoms with Crippen LogP contribution in [0.4, 0.5) is 20.2 Å². The van der Waals surface area contributed by atoms with E-state index in [1.165, 1.54) is 17.7 Å². The summed E-state index contributed by atoms with van der Waals surface area (Å²) in [7, 11) is 4.90. The Balaban J connectivity index is 0.000000239. The molecule has 2 aromatic carbocycles. The number of nitrogens with two attached hydrogens (primary N) is 1. The quantitative estimate of drug-likeness (QED) is 0.360. The van der Waals surface area contributed by atoms with E-state index in [-0.39, 0.29) is 17.5 Å². The Morgan fingerprint density at radius 2 is 1.25 bits per heavy atom. The first kappa shape index (κ1) is 29.6. The highest BCUT2D eigenvalue weighted by Gasteiger charge is 2.28. The van der Waals surface area contributed by atoms with Crippen LogP contribution in [0.3, 0.4) is 0 Å². The van der Waals surface area contributed by atoms with Gasteiger partial charge in [-0.15, -0.1) is 0 Å². The molecule has 3 N–H and O–H groups in total. The number of piperidine rings is 2. The molecule has 4 unspecified atom stereocenters. The third kappa shape index (κ3) is 9.44. The number of alkyl halides is 2. The van der Waals surface area contributed by atoms with E-state index in [2.05, 4.69) is 4.90 Å². The molecule has 0 saturated carbocycles. The van der Waals surface area contributed by atoms with Gasteiger partial charge >= 0.3 is 0 Å². The molecule has 0 aliphatic carbocycles. The second-order valence-corrected chi connectivity index (χ2v) is 9.73. The minimum absolute atomic E-state index is 0.0302. The van der Waals surface area contributed by atoms with Gasteiger partial charge in [0.25, 0.3) is 5.69 Å². The van der Waals surface area contributed by atoms with Crippen molar-refractivity contribution < 1.29 is 18.8 Å². The van der Waals surface area contributed by atoms with E-state index in [1.807, 2.05) is 43.3 Å². The number of aliphatic hydroxyl groups is 1. The van der Waals surface area contributed by atoms with Crippen LogP contribution in [0.2, 0.25) is 0 Å². The molecule has 0 spiro atoms. The maximum Gasteiger partial charge on any atom is 0.269 e. The topological polar surface area (TPSA) is 95.9 Å². The van der Waals surface area contributed by atoms with E-state index in [9.17, 15) is 18.9 Å². The third-order valence-electron chi connectivity index (χ3n) is 6.88. The normalized spacial score (nSPS) is 24.6. The monoisotopic (exact) mass is 506 g/mol. The van der Waals surface area contributed by atoms with Crippen LogP contribution in [0, 0.1) is 22.0 Å². The highest BCUT2D eigenvalue weighted by Crippen LogP contribution is 2.25. The lowest BCUT2D eigenvalue weighted by Crippen LogP contribution is -2.40. The first-order valence-corrected chi connectivity index (χ1v) is 12.4. The summed E-state index contributed by atoms with van der Waals surface area (Å²) in [6.45, 7) is 2.97. The van der Waals surface area contributed by atoms with Gasteiger partial charge in [-0.05, 0) is 88.0 Å². The summed E-state index contributed by atoms with van der Waals surface area (Å²) in [5, 5.41) is 17.5. The number of likely N-dealkylation sites (tertiary alicyclic amines) is 2. The number of hydrogen-bond donors (Lipinski definition) is 2. The van der Waals surface area contributed by atoms with Gasteiger partial charge in [0.2, 0.25) is 0 Å². The number of non-ortho nitro benzene ring substituents is 1. The first-order valence-electron chi connectivity index (χ1n) is 12.4. The van der Waals surface area contributed by atoms with E-state index in [1.54, 1.807) is 12.1 Å². The molecular formula is C27H40F2N4O3. The van der Waals surface area contributed by atoms with Crippen molar-refractivity contribution in [3.05, 3.63) is 69.8 Å². The SMILES string of the molecule is CN1CCC(Cc2ccc(N)cc2)C(F)C1.CN1CCC(Cc2ccc([N+](=O)[O-])cc2)C(F)C1.CO. The second-order valence-electron chi connectivity index (χ2n) is 9.73.